The van der Waals surface area contributed by atoms with Crippen LogP contribution < -0.4 is 15.4 Å². The molecule has 0 aliphatic heterocycles. The number of carboxylic acids is 1. The zero-order valence-corrected chi connectivity index (χ0v) is 14.8. The van der Waals surface area contributed by atoms with Crippen LogP contribution in [0.3, 0.4) is 0 Å². The van der Waals surface area contributed by atoms with Crippen molar-refractivity contribution >= 4 is 12.0 Å². The summed E-state index contributed by atoms with van der Waals surface area (Å²) < 4.78 is 5.24. The normalized spacial score (nSPS) is 16.0. The fourth-order valence-corrected chi connectivity index (χ4v) is 3.49. The van der Waals surface area contributed by atoms with E-state index >= 15 is 0 Å². The van der Waals surface area contributed by atoms with Gasteiger partial charge in [0.2, 0.25) is 0 Å². The van der Waals surface area contributed by atoms with E-state index in [2.05, 4.69) is 22.8 Å². The maximum absolute atomic E-state index is 12.0. The van der Waals surface area contributed by atoms with Crippen molar-refractivity contribution in [2.75, 3.05) is 20.2 Å². The highest BCUT2D eigenvalue weighted by Crippen LogP contribution is 2.39. The van der Waals surface area contributed by atoms with Crippen LogP contribution >= 0.6 is 0 Å². The third-order valence-corrected chi connectivity index (χ3v) is 4.95. The summed E-state index contributed by atoms with van der Waals surface area (Å²) in [6, 6.07) is 7.89. The summed E-state index contributed by atoms with van der Waals surface area (Å²) >= 11 is 0. The van der Waals surface area contributed by atoms with Gasteiger partial charge in [0, 0.05) is 24.9 Å². The highest BCUT2D eigenvalue weighted by Gasteiger charge is 2.34. The minimum Gasteiger partial charge on any atom is -0.497 e. The Kier molecular flexibility index (Phi) is 7.10. The van der Waals surface area contributed by atoms with E-state index in [0.29, 0.717) is 19.5 Å². The van der Waals surface area contributed by atoms with Crippen molar-refractivity contribution in [2.45, 2.75) is 50.4 Å². The highest BCUT2D eigenvalue weighted by molar-refractivity contribution is 5.74. The number of methoxy groups -OCH3 is 1. The average Bonchev–Trinajstić information content (AvgIpc) is 2.64. The molecule has 2 amide bonds. The van der Waals surface area contributed by atoms with Gasteiger partial charge in [-0.1, -0.05) is 31.4 Å². The van der Waals surface area contributed by atoms with Crippen molar-refractivity contribution in [1.29, 1.82) is 0 Å². The number of hydrogen-bond donors (Lipinski definition) is 3. The predicted octanol–water partition coefficient (Wildman–Crippen LogP) is 3.06. The number of benzene rings is 1. The molecule has 138 valence electrons. The Bertz CT molecular complexity index is 565. The number of carboxylic acid groups (broad SMARTS) is 1. The summed E-state index contributed by atoms with van der Waals surface area (Å²) in [4.78, 5) is 22.5. The van der Waals surface area contributed by atoms with E-state index < -0.39 is 5.97 Å². The number of rotatable bonds is 8. The van der Waals surface area contributed by atoms with Crippen LogP contribution in [0.15, 0.2) is 24.3 Å². The Morgan fingerprint density at radius 3 is 2.40 bits per heavy atom. The molecule has 0 heterocycles. The summed E-state index contributed by atoms with van der Waals surface area (Å²) in [6.45, 7) is 0.956. The third-order valence-electron chi connectivity index (χ3n) is 4.95. The number of aliphatic carboxylic acids is 1. The van der Waals surface area contributed by atoms with Gasteiger partial charge in [0.25, 0.3) is 0 Å². The first-order valence-electron chi connectivity index (χ1n) is 8.94. The van der Waals surface area contributed by atoms with Gasteiger partial charge >= 0.3 is 12.0 Å². The van der Waals surface area contributed by atoms with Crippen molar-refractivity contribution in [3.8, 4) is 5.75 Å². The van der Waals surface area contributed by atoms with Gasteiger partial charge in [-0.2, -0.15) is 0 Å². The van der Waals surface area contributed by atoms with E-state index in [1.54, 1.807) is 7.11 Å². The lowest BCUT2D eigenvalue weighted by atomic mass is 9.69. The number of carbonyl (C=O) groups excluding carboxylic acids is 1. The Labute approximate surface area is 149 Å². The van der Waals surface area contributed by atoms with Crippen molar-refractivity contribution in [1.82, 2.24) is 10.6 Å². The molecule has 6 heteroatoms. The van der Waals surface area contributed by atoms with Crippen LogP contribution in [0, 0.1) is 0 Å². The summed E-state index contributed by atoms with van der Waals surface area (Å²) in [6.07, 6.45) is 6.17. The van der Waals surface area contributed by atoms with Gasteiger partial charge in [-0.25, -0.2) is 4.79 Å². The maximum atomic E-state index is 12.0. The fraction of sp³-hybridized carbons (Fsp3) is 0.579. The summed E-state index contributed by atoms with van der Waals surface area (Å²) in [7, 11) is 1.65. The molecule has 1 aliphatic rings. The molecule has 1 saturated carbocycles. The Morgan fingerprint density at radius 2 is 1.80 bits per heavy atom. The van der Waals surface area contributed by atoms with Crippen LogP contribution in [-0.4, -0.2) is 37.3 Å². The largest absolute Gasteiger partial charge is 0.497 e. The molecule has 25 heavy (non-hydrogen) atoms. The molecule has 0 bridgehead atoms. The molecule has 0 atom stereocenters. The maximum Gasteiger partial charge on any atom is 0.314 e. The highest BCUT2D eigenvalue weighted by atomic mass is 16.5. The molecule has 0 saturated heterocycles. The SMILES string of the molecule is COc1ccc(C2(CNC(=O)NCCCC(=O)O)CCCCC2)cc1. The van der Waals surface area contributed by atoms with Crippen molar-refractivity contribution in [2.24, 2.45) is 0 Å². The van der Waals surface area contributed by atoms with Gasteiger partial charge < -0.3 is 20.5 Å². The fourth-order valence-electron chi connectivity index (χ4n) is 3.49. The lowest BCUT2D eigenvalue weighted by molar-refractivity contribution is -0.137. The van der Waals surface area contributed by atoms with E-state index in [4.69, 9.17) is 9.84 Å². The lowest BCUT2D eigenvalue weighted by Gasteiger charge is -2.38. The Hall–Kier alpha value is -2.24. The Balaban J connectivity index is 1.93. The topological polar surface area (TPSA) is 87.7 Å². The molecule has 1 aromatic carbocycles. The van der Waals surface area contributed by atoms with Gasteiger partial charge in [-0.05, 0) is 37.0 Å². The van der Waals surface area contributed by atoms with Crippen LogP contribution in [0.1, 0.15) is 50.5 Å². The number of carbonyl (C=O) groups is 2. The second kappa shape index (κ2) is 9.30. The minimum atomic E-state index is -0.845. The van der Waals surface area contributed by atoms with Crippen LogP contribution in [0.25, 0.3) is 0 Å². The molecule has 0 spiro atoms. The predicted molar refractivity (Wildman–Crippen MR) is 96.0 cm³/mol. The minimum absolute atomic E-state index is 0.0388. The molecule has 0 aromatic heterocycles. The molecular formula is C19H28N2O4. The van der Waals surface area contributed by atoms with Gasteiger partial charge in [0.15, 0.2) is 0 Å². The Morgan fingerprint density at radius 1 is 1.12 bits per heavy atom. The van der Waals surface area contributed by atoms with Gasteiger partial charge in [-0.3, -0.25) is 4.79 Å². The molecular weight excluding hydrogens is 320 g/mol. The van der Waals surface area contributed by atoms with Crippen molar-refractivity contribution < 1.29 is 19.4 Å². The molecule has 6 nitrogen and oxygen atoms in total. The quantitative estimate of drug-likeness (QED) is 0.630. The molecule has 0 radical (unpaired) electrons. The summed E-state index contributed by atoms with van der Waals surface area (Å²) in [5.41, 5.74) is 1.20. The van der Waals surface area contributed by atoms with E-state index in [1.165, 1.54) is 12.0 Å². The number of urea groups is 1. The van der Waals surface area contributed by atoms with E-state index in [-0.39, 0.29) is 17.9 Å². The van der Waals surface area contributed by atoms with Crippen LogP contribution in [0.4, 0.5) is 4.79 Å². The standard InChI is InChI=1S/C19H28N2O4/c1-25-16-9-7-15(8-10-16)19(11-3-2-4-12-19)14-21-18(24)20-13-5-6-17(22)23/h7-10H,2-6,11-14H2,1H3,(H,22,23)(H2,20,21,24). The molecule has 1 fully saturated rings. The van der Waals surface area contributed by atoms with E-state index in [9.17, 15) is 9.59 Å². The summed E-state index contributed by atoms with van der Waals surface area (Å²) in [5, 5.41) is 14.3. The van der Waals surface area contributed by atoms with E-state index in [0.717, 1.165) is 31.4 Å². The number of nitrogens with one attached hydrogen (secondary N) is 2. The van der Waals surface area contributed by atoms with Crippen molar-refractivity contribution in [3.63, 3.8) is 0 Å². The zero-order chi connectivity index (χ0) is 18.1. The van der Waals surface area contributed by atoms with Crippen LogP contribution in [0.2, 0.25) is 0 Å². The second-order valence-electron chi connectivity index (χ2n) is 6.68. The molecule has 1 aliphatic carbocycles. The number of hydrogen-bond acceptors (Lipinski definition) is 3. The van der Waals surface area contributed by atoms with Crippen LogP contribution in [0.5, 0.6) is 5.75 Å². The zero-order valence-electron chi connectivity index (χ0n) is 14.8. The molecule has 1 aromatic rings. The smallest absolute Gasteiger partial charge is 0.314 e. The van der Waals surface area contributed by atoms with Crippen LogP contribution in [-0.2, 0) is 10.2 Å². The molecule has 2 rings (SSSR count). The number of amides is 2. The average molecular weight is 348 g/mol. The monoisotopic (exact) mass is 348 g/mol. The van der Waals surface area contributed by atoms with Crippen molar-refractivity contribution in [3.05, 3.63) is 29.8 Å². The third kappa shape index (κ3) is 5.66. The molecule has 0 unspecified atom stereocenters. The first-order chi connectivity index (χ1) is 12.1. The van der Waals surface area contributed by atoms with Gasteiger partial charge in [0.05, 0.1) is 7.11 Å². The first kappa shape index (κ1) is 19.1. The van der Waals surface area contributed by atoms with E-state index in [1.807, 2.05) is 12.1 Å². The first-order valence-corrected chi connectivity index (χ1v) is 8.94. The second-order valence-corrected chi connectivity index (χ2v) is 6.68. The summed E-state index contributed by atoms with van der Waals surface area (Å²) in [5.74, 6) is -0.0123. The molecule has 3 N–H and O–H groups in total. The lowest BCUT2D eigenvalue weighted by Crippen LogP contribution is -2.46. The van der Waals surface area contributed by atoms with Gasteiger partial charge in [0.1, 0.15) is 5.75 Å². The van der Waals surface area contributed by atoms with Gasteiger partial charge in [-0.15, -0.1) is 0 Å². The number of ether oxygens (including phenoxy) is 1.